The number of hydrogen-bond acceptors (Lipinski definition) is 2. The first-order valence-electron chi connectivity index (χ1n) is 7.92. The van der Waals surface area contributed by atoms with Gasteiger partial charge in [0.05, 0.1) is 6.10 Å². The maximum absolute atomic E-state index is 5.77. The van der Waals surface area contributed by atoms with Crippen LogP contribution in [-0.4, -0.2) is 25.3 Å². The lowest BCUT2D eigenvalue weighted by molar-refractivity contribution is 0.0107. The van der Waals surface area contributed by atoms with Crippen molar-refractivity contribution in [2.45, 2.75) is 56.6 Å². The smallest absolute Gasteiger partial charge is 0.0587 e. The van der Waals surface area contributed by atoms with E-state index in [-0.39, 0.29) is 0 Å². The lowest BCUT2D eigenvalue weighted by Gasteiger charge is -2.37. The third-order valence-electron chi connectivity index (χ3n) is 4.66. The molecule has 0 radical (unpaired) electrons. The fourth-order valence-corrected chi connectivity index (χ4v) is 3.94. The average molecular weight is 338 g/mol. The molecule has 1 aromatic rings. The first-order valence-corrected chi connectivity index (χ1v) is 8.71. The zero-order valence-electron chi connectivity index (χ0n) is 12.0. The summed E-state index contributed by atoms with van der Waals surface area (Å²) in [4.78, 5) is 0. The summed E-state index contributed by atoms with van der Waals surface area (Å²) in [5, 5.41) is 3.69. The molecule has 3 heteroatoms. The summed E-state index contributed by atoms with van der Waals surface area (Å²) >= 11 is 3.66. The lowest BCUT2D eigenvalue weighted by atomic mass is 9.76. The Kier molecular flexibility index (Phi) is 5.14. The zero-order valence-corrected chi connectivity index (χ0v) is 13.6. The van der Waals surface area contributed by atoms with Gasteiger partial charge < -0.3 is 10.1 Å². The normalized spacial score (nSPS) is 29.9. The minimum absolute atomic E-state index is 0.510. The van der Waals surface area contributed by atoms with Gasteiger partial charge in [-0.15, -0.1) is 0 Å². The van der Waals surface area contributed by atoms with Crippen LogP contribution in [0.3, 0.4) is 0 Å². The molecule has 1 N–H and O–H groups in total. The Hall–Kier alpha value is -0.380. The topological polar surface area (TPSA) is 21.3 Å². The predicted octanol–water partition coefficient (Wildman–Crippen LogP) is 4.24. The zero-order chi connectivity index (χ0) is 13.8. The second-order valence-corrected chi connectivity index (χ2v) is 6.97. The van der Waals surface area contributed by atoms with Crippen molar-refractivity contribution >= 4 is 15.9 Å². The summed E-state index contributed by atoms with van der Waals surface area (Å²) in [7, 11) is 0. The van der Waals surface area contributed by atoms with Crippen molar-refractivity contribution in [1.82, 2.24) is 5.32 Å². The molecule has 0 aromatic heterocycles. The minimum atomic E-state index is 0.510. The SMILES string of the molecule is Brc1ccccc1C1CC(NCCC2CCCCO2)C1. The Bertz CT molecular complexity index is 425. The van der Waals surface area contributed by atoms with Gasteiger partial charge in [-0.25, -0.2) is 0 Å². The van der Waals surface area contributed by atoms with Crippen molar-refractivity contribution in [2.75, 3.05) is 13.2 Å². The molecule has 0 amide bonds. The van der Waals surface area contributed by atoms with Crippen LogP contribution in [0.2, 0.25) is 0 Å². The summed E-state index contributed by atoms with van der Waals surface area (Å²) in [6.07, 6.45) is 8.08. The molecular formula is C17H24BrNO. The molecule has 2 aliphatic rings. The van der Waals surface area contributed by atoms with Crippen molar-refractivity contribution in [3.05, 3.63) is 34.3 Å². The van der Waals surface area contributed by atoms with Gasteiger partial charge in [0.2, 0.25) is 0 Å². The molecular weight excluding hydrogens is 314 g/mol. The Morgan fingerprint density at radius 2 is 2.05 bits per heavy atom. The number of benzene rings is 1. The summed E-state index contributed by atoms with van der Waals surface area (Å²) in [5.74, 6) is 0.731. The molecule has 1 heterocycles. The highest BCUT2D eigenvalue weighted by molar-refractivity contribution is 9.10. The molecule has 0 bridgehead atoms. The van der Waals surface area contributed by atoms with E-state index in [9.17, 15) is 0 Å². The summed E-state index contributed by atoms with van der Waals surface area (Å²) < 4.78 is 7.03. The third-order valence-corrected chi connectivity index (χ3v) is 5.38. The van der Waals surface area contributed by atoms with Crippen LogP contribution in [0.1, 0.15) is 50.0 Å². The largest absolute Gasteiger partial charge is 0.378 e. The standard InChI is InChI=1S/C17H24BrNO/c18-17-7-2-1-6-16(17)13-11-14(12-13)19-9-8-15-5-3-4-10-20-15/h1-2,6-7,13-15,19H,3-5,8-12H2. The van der Waals surface area contributed by atoms with Gasteiger partial charge >= 0.3 is 0 Å². The van der Waals surface area contributed by atoms with E-state index in [1.54, 1.807) is 0 Å². The number of rotatable bonds is 5. The highest BCUT2D eigenvalue weighted by Crippen LogP contribution is 2.39. The Morgan fingerprint density at radius 1 is 1.20 bits per heavy atom. The van der Waals surface area contributed by atoms with Crippen molar-refractivity contribution in [3.63, 3.8) is 0 Å². The van der Waals surface area contributed by atoms with Crippen LogP contribution in [0, 0.1) is 0 Å². The van der Waals surface area contributed by atoms with Gasteiger partial charge in [0, 0.05) is 17.1 Å². The van der Waals surface area contributed by atoms with E-state index < -0.39 is 0 Å². The van der Waals surface area contributed by atoms with Gasteiger partial charge in [-0.2, -0.15) is 0 Å². The fourth-order valence-electron chi connectivity index (χ4n) is 3.33. The Labute approximate surface area is 130 Å². The molecule has 1 aromatic carbocycles. The predicted molar refractivity (Wildman–Crippen MR) is 86.1 cm³/mol. The van der Waals surface area contributed by atoms with Crippen molar-refractivity contribution in [3.8, 4) is 0 Å². The maximum atomic E-state index is 5.77. The molecule has 1 aliphatic carbocycles. The second kappa shape index (κ2) is 7.06. The Morgan fingerprint density at radius 3 is 2.80 bits per heavy atom. The van der Waals surface area contributed by atoms with E-state index in [1.165, 1.54) is 48.6 Å². The van der Waals surface area contributed by atoms with Crippen molar-refractivity contribution in [1.29, 1.82) is 0 Å². The van der Waals surface area contributed by atoms with Crippen LogP contribution in [0.25, 0.3) is 0 Å². The number of hydrogen-bond donors (Lipinski definition) is 1. The highest BCUT2D eigenvalue weighted by Gasteiger charge is 2.30. The number of ether oxygens (including phenoxy) is 1. The lowest BCUT2D eigenvalue weighted by Crippen LogP contribution is -2.41. The van der Waals surface area contributed by atoms with E-state index in [1.807, 2.05) is 0 Å². The molecule has 1 atom stereocenters. The molecule has 20 heavy (non-hydrogen) atoms. The quantitative estimate of drug-likeness (QED) is 0.867. The summed E-state index contributed by atoms with van der Waals surface area (Å²) in [6, 6.07) is 9.33. The molecule has 2 fully saturated rings. The molecule has 1 saturated heterocycles. The molecule has 2 nitrogen and oxygen atoms in total. The molecule has 1 saturated carbocycles. The van der Waals surface area contributed by atoms with Gasteiger partial charge in [0.1, 0.15) is 0 Å². The molecule has 3 rings (SSSR count). The maximum Gasteiger partial charge on any atom is 0.0587 e. The van der Waals surface area contributed by atoms with E-state index in [4.69, 9.17) is 4.74 Å². The van der Waals surface area contributed by atoms with Crippen LogP contribution in [0.4, 0.5) is 0 Å². The molecule has 0 spiro atoms. The van der Waals surface area contributed by atoms with Gasteiger partial charge in [-0.3, -0.25) is 0 Å². The van der Waals surface area contributed by atoms with Gasteiger partial charge in [-0.1, -0.05) is 34.1 Å². The van der Waals surface area contributed by atoms with Crippen LogP contribution in [0.5, 0.6) is 0 Å². The van der Waals surface area contributed by atoms with Crippen molar-refractivity contribution in [2.24, 2.45) is 0 Å². The van der Waals surface area contributed by atoms with Crippen molar-refractivity contribution < 1.29 is 4.74 Å². The van der Waals surface area contributed by atoms with E-state index >= 15 is 0 Å². The minimum Gasteiger partial charge on any atom is -0.378 e. The first-order chi connectivity index (χ1) is 9.83. The highest BCUT2D eigenvalue weighted by atomic mass is 79.9. The summed E-state index contributed by atoms with van der Waals surface area (Å²) in [5.41, 5.74) is 1.47. The van der Waals surface area contributed by atoms with Crippen LogP contribution in [-0.2, 0) is 4.74 Å². The van der Waals surface area contributed by atoms with Crippen LogP contribution >= 0.6 is 15.9 Å². The molecule has 110 valence electrons. The Balaban J connectivity index is 1.35. The van der Waals surface area contributed by atoms with Crippen LogP contribution < -0.4 is 5.32 Å². The second-order valence-electron chi connectivity index (χ2n) is 6.12. The molecule has 1 unspecified atom stereocenters. The average Bonchev–Trinajstić information content (AvgIpc) is 2.44. The first kappa shape index (κ1) is 14.6. The molecule has 1 aliphatic heterocycles. The summed E-state index contributed by atoms with van der Waals surface area (Å²) in [6.45, 7) is 2.08. The van der Waals surface area contributed by atoms with E-state index in [2.05, 4.69) is 45.5 Å². The van der Waals surface area contributed by atoms with E-state index in [0.29, 0.717) is 12.1 Å². The third kappa shape index (κ3) is 3.63. The number of halogens is 1. The van der Waals surface area contributed by atoms with Gasteiger partial charge in [0.15, 0.2) is 0 Å². The monoisotopic (exact) mass is 337 g/mol. The fraction of sp³-hybridized carbons (Fsp3) is 0.647. The van der Waals surface area contributed by atoms with E-state index in [0.717, 1.165) is 19.1 Å². The van der Waals surface area contributed by atoms with Gasteiger partial charge in [-0.05, 0) is 62.6 Å². The van der Waals surface area contributed by atoms with Gasteiger partial charge in [0.25, 0.3) is 0 Å². The van der Waals surface area contributed by atoms with Crippen LogP contribution in [0.15, 0.2) is 28.7 Å². The number of nitrogens with one attached hydrogen (secondary N) is 1.